The predicted octanol–water partition coefficient (Wildman–Crippen LogP) is 1.73. The maximum Gasteiger partial charge on any atom is 0.340 e. The number of para-hydroxylation sites is 1. The van der Waals surface area contributed by atoms with E-state index in [1.165, 1.54) is 11.8 Å². The number of anilines is 1. The van der Waals surface area contributed by atoms with E-state index in [9.17, 15) is 4.79 Å². The number of benzene rings is 1. The third kappa shape index (κ3) is 2.87. The molecule has 100 valence electrons. The minimum atomic E-state index is -0.416. The molecule has 0 spiro atoms. The third-order valence-electron chi connectivity index (χ3n) is 2.43. The van der Waals surface area contributed by atoms with Crippen LogP contribution in [0.15, 0.2) is 34.6 Å². The zero-order valence-corrected chi connectivity index (χ0v) is 11.5. The van der Waals surface area contributed by atoms with Crippen LogP contribution >= 0.6 is 11.8 Å². The summed E-state index contributed by atoms with van der Waals surface area (Å²) < 4.78 is 6.74. The number of carbonyl (C=O) groups is 1. The Morgan fingerprint density at radius 3 is 2.95 bits per heavy atom. The maximum absolute atomic E-state index is 11.7. The summed E-state index contributed by atoms with van der Waals surface area (Å²) in [4.78, 5) is 12.5. The van der Waals surface area contributed by atoms with Gasteiger partial charge in [0, 0.05) is 11.9 Å². The van der Waals surface area contributed by atoms with Crippen molar-refractivity contribution in [2.45, 2.75) is 17.0 Å². The Morgan fingerprint density at radius 1 is 1.53 bits per heavy atom. The van der Waals surface area contributed by atoms with E-state index in [1.807, 2.05) is 13.1 Å². The van der Waals surface area contributed by atoms with Crippen molar-refractivity contribution >= 4 is 23.4 Å². The number of nitrogen functional groups attached to an aromatic ring is 1. The second-order valence-corrected chi connectivity index (χ2v) is 4.77. The molecule has 2 rings (SSSR count). The van der Waals surface area contributed by atoms with Gasteiger partial charge in [-0.2, -0.15) is 0 Å². The summed E-state index contributed by atoms with van der Waals surface area (Å²) in [7, 11) is 1.84. The van der Waals surface area contributed by atoms with Gasteiger partial charge in [-0.1, -0.05) is 6.07 Å². The van der Waals surface area contributed by atoms with Crippen molar-refractivity contribution in [1.29, 1.82) is 0 Å². The summed E-state index contributed by atoms with van der Waals surface area (Å²) >= 11 is 1.35. The summed E-state index contributed by atoms with van der Waals surface area (Å²) in [5.74, 6) is -0.416. The number of esters is 1. The van der Waals surface area contributed by atoms with Gasteiger partial charge in [-0.05, 0) is 30.8 Å². The number of nitrogens with zero attached hydrogens (tertiary/aromatic N) is 3. The minimum absolute atomic E-state index is 0.318. The van der Waals surface area contributed by atoms with E-state index < -0.39 is 5.97 Å². The number of hydrogen-bond acceptors (Lipinski definition) is 6. The van der Waals surface area contributed by atoms with Gasteiger partial charge in [0.15, 0.2) is 5.16 Å². The molecular formula is C12H14N4O2S. The molecule has 0 aliphatic carbocycles. The molecule has 0 amide bonds. The van der Waals surface area contributed by atoms with Crippen LogP contribution in [-0.2, 0) is 11.8 Å². The summed E-state index contributed by atoms with van der Waals surface area (Å²) in [6.45, 7) is 2.07. The highest BCUT2D eigenvalue weighted by molar-refractivity contribution is 7.99. The van der Waals surface area contributed by atoms with Crippen molar-refractivity contribution in [2.75, 3.05) is 12.3 Å². The van der Waals surface area contributed by atoms with Gasteiger partial charge in [-0.3, -0.25) is 0 Å². The second-order valence-electron chi connectivity index (χ2n) is 3.76. The first-order chi connectivity index (χ1) is 9.13. The molecule has 7 heteroatoms. The number of aryl methyl sites for hydroxylation is 1. The summed E-state index contributed by atoms with van der Waals surface area (Å²) in [6.07, 6.45) is 1.60. The lowest BCUT2D eigenvalue weighted by atomic mass is 10.2. The minimum Gasteiger partial charge on any atom is -0.462 e. The normalized spacial score (nSPS) is 10.4. The molecular weight excluding hydrogens is 264 g/mol. The number of nitrogens with two attached hydrogens (primary N) is 1. The van der Waals surface area contributed by atoms with E-state index in [0.717, 1.165) is 4.90 Å². The van der Waals surface area contributed by atoms with Crippen LogP contribution in [0.2, 0.25) is 0 Å². The van der Waals surface area contributed by atoms with Crippen molar-refractivity contribution in [2.24, 2.45) is 7.05 Å². The fraction of sp³-hybridized carbons (Fsp3) is 0.250. The van der Waals surface area contributed by atoms with Crippen LogP contribution in [0.1, 0.15) is 17.3 Å². The van der Waals surface area contributed by atoms with Crippen molar-refractivity contribution < 1.29 is 9.53 Å². The van der Waals surface area contributed by atoms with Crippen LogP contribution in [0.3, 0.4) is 0 Å². The Bertz CT molecular complexity index is 597. The molecule has 1 aromatic carbocycles. The van der Waals surface area contributed by atoms with Gasteiger partial charge in [0.2, 0.25) is 0 Å². The molecule has 0 radical (unpaired) electrons. The molecule has 0 saturated carbocycles. The monoisotopic (exact) mass is 278 g/mol. The van der Waals surface area contributed by atoms with Crippen LogP contribution in [0.4, 0.5) is 5.69 Å². The van der Waals surface area contributed by atoms with Crippen LogP contribution in [-0.4, -0.2) is 27.3 Å². The molecule has 0 bridgehead atoms. The Hall–Kier alpha value is -2.02. The molecule has 0 unspecified atom stereocenters. The summed E-state index contributed by atoms with van der Waals surface area (Å²) in [6, 6.07) is 5.24. The molecule has 2 aromatic rings. The number of ether oxygens (including phenoxy) is 1. The lowest BCUT2D eigenvalue weighted by Gasteiger charge is -2.09. The topological polar surface area (TPSA) is 83.0 Å². The molecule has 2 N–H and O–H groups in total. The highest BCUT2D eigenvalue weighted by atomic mass is 32.2. The van der Waals surface area contributed by atoms with Crippen molar-refractivity contribution in [3.8, 4) is 0 Å². The van der Waals surface area contributed by atoms with Crippen LogP contribution < -0.4 is 5.73 Å². The SMILES string of the molecule is CCOC(=O)c1cccc(Sc2nncn2C)c1N. The van der Waals surface area contributed by atoms with E-state index in [1.54, 1.807) is 30.0 Å². The first kappa shape index (κ1) is 13.4. The highest BCUT2D eigenvalue weighted by Crippen LogP contribution is 2.32. The quantitative estimate of drug-likeness (QED) is 0.677. The Morgan fingerprint density at radius 2 is 2.32 bits per heavy atom. The van der Waals surface area contributed by atoms with Crippen molar-refractivity contribution in [3.05, 3.63) is 30.1 Å². The first-order valence-electron chi connectivity index (χ1n) is 5.71. The van der Waals surface area contributed by atoms with Gasteiger partial charge in [-0.25, -0.2) is 4.79 Å². The van der Waals surface area contributed by atoms with E-state index in [2.05, 4.69) is 10.2 Å². The number of rotatable bonds is 4. The zero-order chi connectivity index (χ0) is 13.8. The third-order valence-corrected chi connectivity index (χ3v) is 3.56. The molecule has 1 aromatic heterocycles. The summed E-state index contributed by atoms with van der Waals surface area (Å²) in [5.41, 5.74) is 6.77. The van der Waals surface area contributed by atoms with Gasteiger partial charge >= 0.3 is 5.97 Å². The second kappa shape index (κ2) is 5.75. The van der Waals surface area contributed by atoms with Crippen LogP contribution in [0.25, 0.3) is 0 Å². The fourth-order valence-electron chi connectivity index (χ4n) is 1.48. The van der Waals surface area contributed by atoms with Crippen molar-refractivity contribution in [3.63, 3.8) is 0 Å². The molecule has 6 nitrogen and oxygen atoms in total. The van der Waals surface area contributed by atoms with Gasteiger partial charge in [0.1, 0.15) is 6.33 Å². The smallest absolute Gasteiger partial charge is 0.340 e. The van der Waals surface area contributed by atoms with Crippen LogP contribution in [0, 0.1) is 0 Å². The zero-order valence-electron chi connectivity index (χ0n) is 10.7. The molecule has 0 atom stereocenters. The molecule has 0 aliphatic rings. The van der Waals surface area contributed by atoms with E-state index in [-0.39, 0.29) is 0 Å². The van der Waals surface area contributed by atoms with Gasteiger partial charge in [-0.15, -0.1) is 10.2 Å². The average Bonchev–Trinajstić information content (AvgIpc) is 2.78. The Kier molecular flexibility index (Phi) is 4.06. The molecule has 0 saturated heterocycles. The van der Waals surface area contributed by atoms with Crippen LogP contribution in [0.5, 0.6) is 0 Å². The lowest BCUT2D eigenvalue weighted by Crippen LogP contribution is -2.08. The van der Waals surface area contributed by atoms with Gasteiger partial charge < -0.3 is 15.0 Å². The molecule has 0 fully saturated rings. The molecule has 1 heterocycles. The number of aromatic nitrogens is 3. The average molecular weight is 278 g/mol. The lowest BCUT2D eigenvalue weighted by molar-refractivity contribution is 0.0527. The number of hydrogen-bond donors (Lipinski definition) is 1. The van der Waals surface area contributed by atoms with E-state index in [0.29, 0.717) is 23.0 Å². The van der Waals surface area contributed by atoms with Crippen molar-refractivity contribution in [1.82, 2.24) is 14.8 Å². The Balaban J connectivity index is 2.30. The molecule has 0 aliphatic heterocycles. The van der Waals surface area contributed by atoms with Gasteiger partial charge in [0.05, 0.1) is 17.9 Å². The number of carbonyl (C=O) groups excluding carboxylic acids is 1. The first-order valence-corrected chi connectivity index (χ1v) is 6.52. The predicted molar refractivity (Wildman–Crippen MR) is 71.9 cm³/mol. The molecule has 19 heavy (non-hydrogen) atoms. The standard InChI is InChI=1S/C12H14N4O2S/c1-3-18-11(17)8-5-4-6-9(10(8)13)19-12-15-14-7-16(12)2/h4-7H,3,13H2,1-2H3. The Labute approximate surface area is 115 Å². The fourth-order valence-corrected chi connectivity index (χ4v) is 2.33. The van der Waals surface area contributed by atoms with E-state index in [4.69, 9.17) is 10.5 Å². The maximum atomic E-state index is 11.7. The largest absolute Gasteiger partial charge is 0.462 e. The highest BCUT2D eigenvalue weighted by Gasteiger charge is 2.15. The van der Waals surface area contributed by atoms with E-state index >= 15 is 0 Å². The summed E-state index contributed by atoms with van der Waals surface area (Å²) in [5, 5.41) is 8.46. The van der Waals surface area contributed by atoms with Gasteiger partial charge in [0.25, 0.3) is 0 Å².